The van der Waals surface area contributed by atoms with E-state index < -0.39 is 30.2 Å². The Hall–Kier alpha value is -2.26. The average molecular weight is 454 g/mol. The highest BCUT2D eigenvalue weighted by molar-refractivity contribution is 7.97. The van der Waals surface area contributed by atoms with Crippen molar-refractivity contribution in [3.63, 3.8) is 0 Å². The summed E-state index contributed by atoms with van der Waals surface area (Å²) in [5, 5.41) is 0. The van der Waals surface area contributed by atoms with Gasteiger partial charge in [-0.2, -0.15) is 8.78 Å². The quantitative estimate of drug-likeness (QED) is 0.537. The van der Waals surface area contributed by atoms with Crippen LogP contribution >= 0.6 is 11.9 Å². The van der Waals surface area contributed by atoms with Crippen LogP contribution < -0.4 is 9.46 Å². The first kappa shape index (κ1) is 22.0. The molecule has 2 heterocycles. The van der Waals surface area contributed by atoms with Gasteiger partial charge in [0.2, 0.25) is 5.91 Å². The van der Waals surface area contributed by atoms with Gasteiger partial charge in [-0.15, -0.1) is 0 Å². The summed E-state index contributed by atoms with van der Waals surface area (Å²) in [6.45, 7) is -0.0384. The van der Waals surface area contributed by atoms with Gasteiger partial charge in [0.25, 0.3) is 11.7 Å². The van der Waals surface area contributed by atoms with E-state index in [0.29, 0.717) is 5.75 Å². The maximum absolute atomic E-state index is 14.8. The summed E-state index contributed by atoms with van der Waals surface area (Å²) in [7, 11) is 0. The number of piperidine rings is 1. The summed E-state index contributed by atoms with van der Waals surface area (Å²) in [4.78, 5) is 14.3. The Morgan fingerprint density at radius 1 is 1.16 bits per heavy atom. The van der Waals surface area contributed by atoms with Gasteiger partial charge in [-0.1, -0.05) is 42.5 Å². The molecule has 2 aliphatic heterocycles. The van der Waals surface area contributed by atoms with E-state index in [0.717, 1.165) is 16.7 Å². The van der Waals surface area contributed by atoms with Crippen LogP contribution in [0.1, 0.15) is 18.4 Å². The normalized spacial score (nSPS) is 23.3. The highest BCUT2D eigenvalue weighted by Gasteiger charge is 2.51. The monoisotopic (exact) mass is 454 g/mol. The second kappa shape index (κ2) is 9.08. The first-order chi connectivity index (χ1) is 14.8. The molecule has 2 unspecified atom stereocenters. The van der Waals surface area contributed by atoms with Gasteiger partial charge in [0.1, 0.15) is 11.8 Å². The third-order valence-corrected chi connectivity index (χ3v) is 6.24. The van der Waals surface area contributed by atoms with E-state index in [1.54, 1.807) is 6.07 Å². The number of fused-ring (bicyclic) bond motifs is 5. The molecule has 1 N–H and O–H groups in total. The van der Waals surface area contributed by atoms with E-state index in [-0.39, 0.29) is 43.8 Å². The lowest BCUT2D eigenvalue weighted by atomic mass is 9.87. The lowest BCUT2D eigenvalue weighted by Gasteiger charge is -2.45. The van der Waals surface area contributed by atoms with Gasteiger partial charge < -0.3 is 9.64 Å². The molecular formula is C22H22F4N2O2S. The van der Waals surface area contributed by atoms with E-state index in [9.17, 15) is 22.4 Å². The van der Waals surface area contributed by atoms with Crippen LogP contribution in [0.4, 0.5) is 17.6 Å². The van der Waals surface area contributed by atoms with Crippen molar-refractivity contribution >= 4 is 17.9 Å². The molecule has 0 spiro atoms. The molecule has 9 heteroatoms. The number of rotatable bonds is 3. The molecule has 0 aliphatic carbocycles. The number of benzene rings is 2. The van der Waals surface area contributed by atoms with Gasteiger partial charge in [-0.05, 0) is 35.6 Å². The molecule has 1 amide bonds. The fourth-order valence-corrected chi connectivity index (χ4v) is 4.79. The molecule has 2 aliphatic rings. The summed E-state index contributed by atoms with van der Waals surface area (Å²) in [5.41, 5.74) is 2.44. The molecule has 1 saturated heterocycles. The van der Waals surface area contributed by atoms with Crippen LogP contribution in [0.3, 0.4) is 0 Å². The van der Waals surface area contributed by atoms with Crippen molar-refractivity contribution in [3.05, 3.63) is 54.1 Å². The minimum absolute atomic E-state index is 0.0129. The van der Waals surface area contributed by atoms with Gasteiger partial charge in [0.05, 0.1) is 19.1 Å². The molecule has 166 valence electrons. The van der Waals surface area contributed by atoms with Gasteiger partial charge in [-0.25, -0.2) is 13.5 Å². The first-order valence-corrected chi connectivity index (χ1v) is 10.9. The molecular weight excluding hydrogens is 432 g/mol. The molecule has 4 rings (SSSR count). The van der Waals surface area contributed by atoms with Crippen molar-refractivity contribution in [2.75, 3.05) is 13.2 Å². The number of nitrogens with zero attached hydrogens (tertiary/aromatic N) is 1. The van der Waals surface area contributed by atoms with Crippen molar-refractivity contribution in [1.82, 2.24) is 9.62 Å². The van der Waals surface area contributed by atoms with Crippen LogP contribution in [-0.2, 0) is 11.2 Å². The number of carbonyl (C=O) groups is 1. The maximum atomic E-state index is 14.8. The highest BCUT2D eigenvalue weighted by atomic mass is 32.2. The van der Waals surface area contributed by atoms with Crippen molar-refractivity contribution in [2.45, 2.75) is 43.0 Å². The number of nitrogens with one attached hydrogen (secondary N) is 1. The lowest BCUT2D eigenvalue weighted by molar-refractivity contribution is -0.148. The zero-order chi connectivity index (χ0) is 22.0. The van der Waals surface area contributed by atoms with E-state index in [4.69, 9.17) is 4.74 Å². The highest BCUT2D eigenvalue weighted by Crippen LogP contribution is 2.37. The standard InChI is InChI=1S/C22H22F4N2O2S/c23-21(24)31-27-20-17-13-14-4-3-5-15(12-14)16-6-1-2-7-18(16)30-11-8-19(29)28(17)10-9-22(20,25)26/h1-7,12,17,20-21,27H,8-11,13H2. The molecule has 0 saturated carbocycles. The number of carbonyl (C=O) groups excluding carboxylic acids is 1. The summed E-state index contributed by atoms with van der Waals surface area (Å²) < 4.78 is 63.2. The van der Waals surface area contributed by atoms with E-state index in [1.807, 2.05) is 42.5 Å². The van der Waals surface area contributed by atoms with Crippen molar-refractivity contribution < 1.29 is 27.1 Å². The third kappa shape index (κ3) is 4.82. The Kier molecular flexibility index (Phi) is 6.43. The van der Waals surface area contributed by atoms with Crippen LogP contribution in [0.25, 0.3) is 11.1 Å². The number of amides is 1. The zero-order valence-corrected chi connectivity index (χ0v) is 17.4. The lowest BCUT2D eigenvalue weighted by Crippen LogP contribution is -2.64. The fourth-order valence-electron chi connectivity index (χ4n) is 4.21. The van der Waals surface area contributed by atoms with Gasteiger partial charge >= 0.3 is 0 Å². The Labute approximate surface area is 182 Å². The third-order valence-electron chi connectivity index (χ3n) is 5.67. The number of halogens is 4. The number of hydrogen-bond donors (Lipinski definition) is 1. The predicted molar refractivity (Wildman–Crippen MR) is 111 cm³/mol. The Bertz CT molecular complexity index is 943. The second-order valence-corrected chi connectivity index (χ2v) is 8.47. The fraction of sp³-hybridized carbons (Fsp3) is 0.409. The molecule has 2 aromatic rings. The summed E-state index contributed by atoms with van der Waals surface area (Å²) in [5.74, 6) is -5.76. The van der Waals surface area contributed by atoms with Gasteiger partial charge in [0, 0.05) is 18.5 Å². The minimum Gasteiger partial charge on any atom is -0.492 e. The molecule has 2 atom stereocenters. The van der Waals surface area contributed by atoms with Crippen molar-refractivity contribution in [3.8, 4) is 16.9 Å². The van der Waals surface area contributed by atoms with Gasteiger partial charge in [-0.3, -0.25) is 4.79 Å². The molecule has 2 bridgehead atoms. The molecule has 0 radical (unpaired) electrons. The predicted octanol–water partition coefficient (Wildman–Crippen LogP) is 4.74. The zero-order valence-electron chi connectivity index (χ0n) is 16.6. The first-order valence-electron chi connectivity index (χ1n) is 10.0. The number of para-hydroxylation sites is 1. The van der Waals surface area contributed by atoms with Crippen LogP contribution in [-0.4, -0.2) is 47.7 Å². The van der Waals surface area contributed by atoms with Gasteiger partial charge in [0.15, 0.2) is 0 Å². The van der Waals surface area contributed by atoms with Crippen LogP contribution in [0.5, 0.6) is 5.75 Å². The number of hydrogen-bond acceptors (Lipinski definition) is 4. The molecule has 4 nitrogen and oxygen atoms in total. The molecule has 2 aromatic carbocycles. The summed E-state index contributed by atoms with van der Waals surface area (Å²) in [6.07, 6.45) is -0.445. The molecule has 1 fully saturated rings. The Balaban J connectivity index is 1.74. The second-order valence-electron chi connectivity index (χ2n) is 7.64. The minimum atomic E-state index is -3.22. The average Bonchev–Trinajstić information content (AvgIpc) is 2.73. The van der Waals surface area contributed by atoms with Crippen molar-refractivity contribution in [1.29, 1.82) is 0 Å². The van der Waals surface area contributed by atoms with Crippen LogP contribution in [0, 0.1) is 0 Å². The molecule has 0 aromatic heterocycles. The molecule has 31 heavy (non-hydrogen) atoms. The summed E-state index contributed by atoms with van der Waals surface area (Å²) >= 11 is -0.0350. The number of alkyl halides is 4. The largest absolute Gasteiger partial charge is 0.492 e. The SMILES string of the molecule is O=C1CCOc2ccccc2-c2cccc(c2)CC2C(NSC(F)F)C(F)(F)CCN12. The van der Waals surface area contributed by atoms with E-state index in [2.05, 4.69) is 4.72 Å². The Morgan fingerprint density at radius 2 is 1.97 bits per heavy atom. The van der Waals surface area contributed by atoms with E-state index in [1.165, 1.54) is 4.90 Å². The summed E-state index contributed by atoms with van der Waals surface area (Å²) in [6, 6.07) is 12.3. The van der Waals surface area contributed by atoms with Crippen LogP contribution in [0.2, 0.25) is 0 Å². The van der Waals surface area contributed by atoms with Crippen LogP contribution in [0.15, 0.2) is 48.5 Å². The Morgan fingerprint density at radius 3 is 2.77 bits per heavy atom. The van der Waals surface area contributed by atoms with Crippen molar-refractivity contribution in [2.24, 2.45) is 0 Å². The topological polar surface area (TPSA) is 41.6 Å². The van der Waals surface area contributed by atoms with E-state index >= 15 is 0 Å². The number of ether oxygens (including phenoxy) is 1. The smallest absolute Gasteiger partial charge is 0.297 e. The maximum Gasteiger partial charge on any atom is 0.297 e.